The van der Waals surface area contributed by atoms with Gasteiger partial charge >= 0.3 is 12.0 Å². The molecule has 34 heavy (non-hydrogen) atoms. The summed E-state index contributed by atoms with van der Waals surface area (Å²) in [5.74, 6) is -1.72. The molecule has 0 bridgehead atoms. The van der Waals surface area contributed by atoms with Crippen molar-refractivity contribution in [2.24, 2.45) is 0 Å². The minimum Gasteiger partial charge on any atom is -0.481 e. The van der Waals surface area contributed by atoms with E-state index in [4.69, 9.17) is 14.6 Å². The second-order valence-electron chi connectivity index (χ2n) is 7.68. The average molecular weight is 488 g/mol. The lowest BCUT2D eigenvalue weighted by molar-refractivity contribution is -0.137. The van der Waals surface area contributed by atoms with E-state index in [-0.39, 0.29) is 36.2 Å². The van der Waals surface area contributed by atoms with Gasteiger partial charge in [0.2, 0.25) is 5.88 Å². The Hall–Kier alpha value is -3.73. The van der Waals surface area contributed by atoms with E-state index in [0.717, 1.165) is 0 Å². The van der Waals surface area contributed by atoms with Crippen molar-refractivity contribution in [3.8, 4) is 23.0 Å². The van der Waals surface area contributed by atoms with Crippen molar-refractivity contribution in [1.82, 2.24) is 9.97 Å². The number of aliphatic carboxylic acids is 1. The second-order valence-corrected chi connectivity index (χ2v) is 9.54. The van der Waals surface area contributed by atoms with Gasteiger partial charge in [-0.1, -0.05) is 12.1 Å². The highest BCUT2D eigenvalue weighted by Gasteiger charge is 2.37. The summed E-state index contributed by atoms with van der Waals surface area (Å²) in [5, 5.41) is 9.06. The molecule has 1 aliphatic heterocycles. The summed E-state index contributed by atoms with van der Waals surface area (Å²) in [7, 11) is -1.19. The topological polar surface area (TPSA) is 119 Å². The molecular weight excluding hydrogens is 465 g/mol. The maximum atomic E-state index is 13.9. The van der Waals surface area contributed by atoms with Crippen LogP contribution in [0, 0.1) is 5.82 Å². The average Bonchev–Trinajstić information content (AvgIpc) is 3.20. The van der Waals surface area contributed by atoms with E-state index < -0.39 is 27.7 Å². The van der Waals surface area contributed by atoms with Crippen LogP contribution in [0.1, 0.15) is 24.3 Å². The van der Waals surface area contributed by atoms with Gasteiger partial charge in [-0.2, -0.15) is 4.98 Å². The molecule has 0 fully saturated rings. The fourth-order valence-corrected chi connectivity index (χ4v) is 5.59. The van der Waals surface area contributed by atoms with E-state index in [0.29, 0.717) is 22.4 Å². The predicted molar refractivity (Wildman–Crippen MR) is 121 cm³/mol. The van der Waals surface area contributed by atoms with Crippen molar-refractivity contribution in [3.63, 3.8) is 0 Å². The molecule has 178 valence electrons. The van der Waals surface area contributed by atoms with E-state index in [2.05, 4.69) is 9.97 Å². The van der Waals surface area contributed by atoms with Gasteiger partial charge in [-0.3, -0.25) is 9.10 Å². The highest BCUT2D eigenvalue weighted by atomic mass is 32.2. The van der Waals surface area contributed by atoms with Gasteiger partial charge in [-0.25, -0.2) is 17.8 Å². The molecule has 1 aliphatic rings. The summed E-state index contributed by atoms with van der Waals surface area (Å²) in [5.41, 5.74) is 1.81. The van der Waals surface area contributed by atoms with Gasteiger partial charge in [0.15, 0.2) is 0 Å². The van der Waals surface area contributed by atoms with E-state index >= 15 is 0 Å². The zero-order valence-corrected chi connectivity index (χ0v) is 19.3. The quantitative estimate of drug-likeness (QED) is 0.513. The van der Waals surface area contributed by atoms with Gasteiger partial charge in [0, 0.05) is 25.1 Å². The molecule has 0 saturated heterocycles. The number of sulfonamides is 1. The van der Waals surface area contributed by atoms with E-state index in [1.165, 1.54) is 55.1 Å². The van der Waals surface area contributed by atoms with Crippen LogP contribution in [-0.2, 0) is 14.8 Å². The molecule has 2 heterocycles. The van der Waals surface area contributed by atoms with E-state index in [1.807, 2.05) is 0 Å². The molecule has 11 heteroatoms. The first kappa shape index (κ1) is 23.4. The molecule has 1 unspecified atom stereocenters. The first-order valence-electron chi connectivity index (χ1n) is 10.3. The molecule has 9 nitrogen and oxygen atoms in total. The van der Waals surface area contributed by atoms with Crippen LogP contribution in [0.25, 0.3) is 11.1 Å². The zero-order valence-electron chi connectivity index (χ0n) is 18.4. The number of hydrogen-bond donors (Lipinski definition) is 1. The van der Waals surface area contributed by atoms with Crippen LogP contribution in [0.15, 0.2) is 53.6 Å². The lowest BCUT2D eigenvalue weighted by atomic mass is 9.96. The minimum absolute atomic E-state index is 0.0111. The lowest BCUT2D eigenvalue weighted by Gasteiger charge is -2.20. The fraction of sp³-hybridized carbons (Fsp3) is 0.261. The molecule has 4 rings (SSSR count). The van der Waals surface area contributed by atoms with Crippen molar-refractivity contribution in [2.75, 3.05) is 25.1 Å². The Morgan fingerprint density at radius 1 is 1.21 bits per heavy atom. The molecule has 0 radical (unpaired) electrons. The van der Waals surface area contributed by atoms with Crippen LogP contribution >= 0.6 is 0 Å². The van der Waals surface area contributed by atoms with Crippen LogP contribution in [-0.4, -0.2) is 50.2 Å². The number of ether oxygens (including phenoxy) is 2. The third-order valence-corrected chi connectivity index (χ3v) is 7.41. The second kappa shape index (κ2) is 9.26. The maximum absolute atomic E-state index is 13.9. The number of benzene rings is 2. The smallest absolute Gasteiger partial charge is 0.319 e. The number of carboxylic acids is 1. The maximum Gasteiger partial charge on any atom is 0.319 e. The van der Waals surface area contributed by atoms with Gasteiger partial charge in [0.1, 0.15) is 5.82 Å². The van der Waals surface area contributed by atoms with Crippen molar-refractivity contribution in [3.05, 3.63) is 60.0 Å². The Morgan fingerprint density at radius 2 is 2.00 bits per heavy atom. The van der Waals surface area contributed by atoms with Gasteiger partial charge in [0.05, 0.1) is 30.4 Å². The van der Waals surface area contributed by atoms with Crippen LogP contribution in [0.4, 0.5) is 10.1 Å². The summed E-state index contributed by atoms with van der Waals surface area (Å²) in [6, 6.07) is 10.2. The van der Waals surface area contributed by atoms with Crippen LogP contribution in [0.3, 0.4) is 0 Å². The Balaban J connectivity index is 1.73. The number of nitrogens with zero attached hydrogens (tertiary/aromatic N) is 3. The summed E-state index contributed by atoms with van der Waals surface area (Å²) >= 11 is 0. The highest BCUT2D eigenvalue weighted by Crippen LogP contribution is 2.42. The normalized spacial score (nSPS) is 15.1. The molecule has 0 spiro atoms. The van der Waals surface area contributed by atoms with Crippen molar-refractivity contribution in [1.29, 1.82) is 0 Å². The molecule has 1 aromatic heterocycles. The first-order valence-corrected chi connectivity index (χ1v) is 11.8. The van der Waals surface area contributed by atoms with Crippen LogP contribution in [0.2, 0.25) is 0 Å². The highest BCUT2D eigenvalue weighted by molar-refractivity contribution is 7.92. The Kier molecular flexibility index (Phi) is 6.38. The number of aromatic nitrogens is 2. The molecule has 0 aliphatic carbocycles. The lowest BCUT2D eigenvalue weighted by Crippen LogP contribution is -2.30. The van der Waals surface area contributed by atoms with Crippen molar-refractivity contribution >= 4 is 21.7 Å². The predicted octanol–water partition coefficient (Wildman–Crippen LogP) is 3.46. The molecule has 2 aromatic carbocycles. The van der Waals surface area contributed by atoms with E-state index in [9.17, 15) is 17.6 Å². The molecule has 0 amide bonds. The SMILES string of the molecule is COc1ncc(-c2cccc(S(=O)(=O)N3CC(CCC(=O)O)c4cc(F)ccc43)c2)c(OC)n1. The monoisotopic (exact) mass is 487 g/mol. The van der Waals surface area contributed by atoms with E-state index in [1.54, 1.807) is 12.1 Å². The van der Waals surface area contributed by atoms with Gasteiger partial charge in [-0.15, -0.1) is 0 Å². The fourth-order valence-electron chi connectivity index (χ4n) is 4.00. The Morgan fingerprint density at radius 3 is 2.71 bits per heavy atom. The molecule has 1 atom stereocenters. The number of anilines is 1. The largest absolute Gasteiger partial charge is 0.481 e. The van der Waals surface area contributed by atoms with Crippen LogP contribution in [0.5, 0.6) is 11.9 Å². The first-order chi connectivity index (χ1) is 16.2. The van der Waals surface area contributed by atoms with Gasteiger partial charge in [0.25, 0.3) is 10.0 Å². The summed E-state index contributed by atoms with van der Waals surface area (Å²) < 4.78 is 52.7. The number of hydrogen-bond acceptors (Lipinski definition) is 7. The van der Waals surface area contributed by atoms with Crippen LogP contribution < -0.4 is 13.8 Å². The summed E-state index contributed by atoms with van der Waals surface area (Å²) in [4.78, 5) is 19.3. The summed E-state index contributed by atoms with van der Waals surface area (Å²) in [6.07, 6.45) is 1.52. The zero-order chi connectivity index (χ0) is 24.5. The molecule has 1 N–H and O–H groups in total. The molecular formula is C23H22FN3O6S. The Labute approximate surface area is 195 Å². The number of halogens is 1. The standard InChI is InChI=1S/C23H22FN3O6S/c1-32-22-19(12-25-23(26-22)33-2)14-4-3-5-17(10-14)34(30,31)27-13-15(6-9-21(28)29)18-11-16(24)7-8-20(18)27/h3-5,7-8,10-12,15H,6,9,13H2,1-2H3,(H,28,29). The number of carbonyl (C=O) groups is 1. The summed E-state index contributed by atoms with van der Waals surface area (Å²) in [6.45, 7) is 0.0214. The number of methoxy groups -OCH3 is 2. The Bertz CT molecular complexity index is 1350. The van der Waals surface area contributed by atoms with Crippen molar-refractivity contribution in [2.45, 2.75) is 23.7 Å². The number of carboxylic acid groups (broad SMARTS) is 1. The molecule has 3 aromatic rings. The minimum atomic E-state index is -4.04. The van der Waals surface area contributed by atoms with Gasteiger partial charge in [-0.05, 0) is 47.9 Å². The third kappa shape index (κ3) is 4.38. The molecule has 0 saturated carbocycles. The van der Waals surface area contributed by atoms with Gasteiger partial charge < -0.3 is 14.6 Å². The number of rotatable bonds is 8. The van der Waals surface area contributed by atoms with Crippen molar-refractivity contribution < 1.29 is 32.2 Å². The number of fused-ring (bicyclic) bond motifs is 1. The third-order valence-electron chi connectivity index (χ3n) is 5.63.